The molecule has 1 aromatic rings. The summed E-state index contributed by atoms with van der Waals surface area (Å²) in [5.41, 5.74) is 0.152. The molecule has 7 nitrogen and oxygen atoms in total. The molecule has 0 radical (unpaired) electrons. The van der Waals surface area contributed by atoms with Crippen LogP contribution in [0.15, 0.2) is 18.3 Å². The first-order valence-electron chi connectivity index (χ1n) is 9.19. The van der Waals surface area contributed by atoms with Crippen LogP contribution in [0.5, 0.6) is 0 Å². The highest BCUT2D eigenvalue weighted by atomic mass is 16.4. The number of aromatic nitrogens is 1. The van der Waals surface area contributed by atoms with Gasteiger partial charge in [0.05, 0.1) is 5.92 Å². The van der Waals surface area contributed by atoms with Crippen molar-refractivity contribution in [3.8, 4) is 0 Å². The molecule has 0 bridgehead atoms. The van der Waals surface area contributed by atoms with Gasteiger partial charge in [-0.2, -0.15) is 0 Å². The van der Waals surface area contributed by atoms with Gasteiger partial charge in [-0.05, 0) is 25.0 Å². The normalized spacial score (nSPS) is 24.8. The van der Waals surface area contributed by atoms with Crippen molar-refractivity contribution < 1.29 is 19.5 Å². The van der Waals surface area contributed by atoms with Crippen LogP contribution in [0.25, 0.3) is 0 Å². The van der Waals surface area contributed by atoms with Crippen LogP contribution in [0, 0.1) is 11.3 Å². The van der Waals surface area contributed by atoms with Gasteiger partial charge in [0.25, 0.3) is 5.91 Å². The second kappa shape index (κ2) is 7.05. The molecule has 3 heterocycles. The highest BCUT2D eigenvalue weighted by Gasteiger charge is 2.62. The van der Waals surface area contributed by atoms with Crippen molar-refractivity contribution in [2.45, 2.75) is 33.1 Å². The molecule has 0 aromatic carbocycles. The van der Waals surface area contributed by atoms with E-state index in [0.29, 0.717) is 12.1 Å². The van der Waals surface area contributed by atoms with Crippen molar-refractivity contribution in [1.82, 2.24) is 14.8 Å². The Hall–Kier alpha value is -2.44. The largest absolute Gasteiger partial charge is 0.481 e. The molecule has 0 unspecified atom stereocenters. The topological polar surface area (TPSA) is 90.8 Å². The van der Waals surface area contributed by atoms with Gasteiger partial charge in [0.15, 0.2) is 0 Å². The predicted octanol–water partition coefficient (Wildman–Crippen LogP) is 1.43. The van der Waals surface area contributed by atoms with Crippen LogP contribution in [0.3, 0.4) is 0 Å². The van der Waals surface area contributed by atoms with Gasteiger partial charge in [0, 0.05) is 43.6 Å². The number of amides is 2. The molecule has 2 amide bonds. The average Bonchev–Trinajstić information content (AvgIpc) is 3.12. The van der Waals surface area contributed by atoms with Gasteiger partial charge in [-0.1, -0.05) is 20.3 Å². The van der Waals surface area contributed by atoms with Crippen LogP contribution in [-0.4, -0.2) is 63.9 Å². The first-order valence-corrected chi connectivity index (χ1v) is 9.19. The molecule has 2 aliphatic heterocycles. The number of hydrogen-bond donors (Lipinski definition) is 1. The zero-order valence-electron chi connectivity index (χ0n) is 15.3. The number of carboxylic acids is 1. The number of carboxylic acid groups (broad SMARTS) is 1. The summed E-state index contributed by atoms with van der Waals surface area (Å²) in [5, 5.41) is 9.84. The maximum Gasteiger partial charge on any atom is 0.314 e. The van der Waals surface area contributed by atoms with E-state index in [2.05, 4.69) is 4.98 Å². The number of aryl methyl sites for hydroxylation is 1. The van der Waals surface area contributed by atoms with Crippen molar-refractivity contribution in [3.63, 3.8) is 0 Å². The van der Waals surface area contributed by atoms with Crippen molar-refractivity contribution in [3.05, 3.63) is 29.6 Å². The standard InChI is InChI=1S/C19H25N3O4/c1-3-5-14-9-13(6-7-20-14)16(23)22-10-15-17(24)21(8-4-2)11-19(15,12-22)18(25)26/h6-7,9,15H,3-5,8,10-12H2,1-2H3,(H,25,26)/t15-,19+/m1/s1. The summed E-state index contributed by atoms with van der Waals surface area (Å²) in [7, 11) is 0. The van der Waals surface area contributed by atoms with Gasteiger partial charge in [-0.15, -0.1) is 0 Å². The third-order valence-electron chi connectivity index (χ3n) is 5.40. The van der Waals surface area contributed by atoms with Gasteiger partial charge in [0.2, 0.25) is 5.91 Å². The van der Waals surface area contributed by atoms with Crippen LogP contribution in [0.1, 0.15) is 42.7 Å². The van der Waals surface area contributed by atoms with Gasteiger partial charge >= 0.3 is 5.97 Å². The molecule has 0 saturated carbocycles. The summed E-state index contributed by atoms with van der Waals surface area (Å²) in [6.07, 6.45) is 4.11. The van der Waals surface area contributed by atoms with E-state index < -0.39 is 17.3 Å². The molecule has 3 rings (SSSR count). The fraction of sp³-hybridized carbons (Fsp3) is 0.579. The zero-order valence-corrected chi connectivity index (χ0v) is 15.3. The number of nitrogens with zero attached hydrogens (tertiary/aromatic N) is 3. The Bertz CT molecular complexity index is 735. The Morgan fingerprint density at radius 2 is 2.08 bits per heavy atom. The Labute approximate surface area is 153 Å². The predicted molar refractivity (Wildman–Crippen MR) is 94.6 cm³/mol. The molecule has 2 aliphatic rings. The van der Waals surface area contributed by atoms with Crippen molar-refractivity contribution >= 4 is 17.8 Å². The maximum atomic E-state index is 12.9. The highest BCUT2D eigenvalue weighted by molar-refractivity contribution is 5.98. The lowest BCUT2D eigenvalue weighted by atomic mass is 9.81. The SMILES string of the molecule is CCCc1cc(C(=O)N2C[C@@H]3C(=O)N(CCC)C[C@]3(C(=O)O)C2)ccn1. The quantitative estimate of drug-likeness (QED) is 0.830. The Balaban J connectivity index is 1.83. The second-order valence-corrected chi connectivity index (χ2v) is 7.25. The van der Waals surface area contributed by atoms with Gasteiger partial charge in [-0.3, -0.25) is 19.4 Å². The first kappa shape index (κ1) is 18.4. The summed E-state index contributed by atoms with van der Waals surface area (Å²) in [6, 6.07) is 3.41. The van der Waals surface area contributed by atoms with Crippen molar-refractivity contribution in [1.29, 1.82) is 0 Å². The summed E-state index contributed by atoms with van der Waals surface area (Å²) in [5.74, 6) is -2.03. The minimum atomic E-state index is -1.19. The van der Waals surface area contributed by atoms with E-state index in [1.165, 1.54) is 4.90 Å². The Morgan fingerprint density at radius 1 is 1.31 bits per heavy atom. The smallest absolute Gasteiger partial charge is 0.314 e. The van der Waals surface area contributed by atoms with E-state index in [1.807, 2.05) is 13.8 Å². The number of carbonyl (C=O) groups excluding carboxylic acids is 2. The number of fused-ring (bicyclic) bond motifs is 1. The number of hydrogen-bond acceptors (Lipinski definition) is 4. The molecule has 1 N–H and O–H groups in total. The molecular weight excluding hydrogens is 334 g/mol. The number of aliphatic carboxylic acids is 1. The van der Waals surface area contributed by atoms with E-state index in [-0.39, 0.29) is 31.4 Å². The molecule has 2 saturated heterocycles. The summed E-state index contributed by atoms with van der Waals surface area (Å²) in [6.45, 7) is 4.98. The third kappa shape index (κ3) is 2.95. The lowest BCUT2D eigenvalue weighted by Crippen LogP contribution is -2.42. The molecule has 0 aliphatic carbocycles. The van der Waals surface area contributed by atoms with Crippen LogP contribution in [-0.2, 0) is 16.0 Å². The number of pyridine rings is 1. The average molecular weight is 359 g/mol. The monoisotopic (exact) mass is 359 g/mol. The lowest BCUT2D eigenvalue weighted by molar-refractivity contribution is -0.149. The molecule has 2 fully saturated rings. The van der Waals surface area contributed by atoms with Gasteiger partial charge in [-0.25, -0.2) is 0 Å². The van der Waals surface area contributed by atoms with Crippen LogP contribution in [0.2, 0.25) is 0 Å². The third-order valence-corrected chi connectivity index (χ3v) is 5.40. The van der Waals surface area contributed by atoms with Crippen LogP contribution >= 0.6 is 0 Å². The Morgan fingerprint density at radius 3 is 2.69 bits per heavy atom. The molecular formula is C19H25N3O4. The van der Waals surface area contributed by atoms with Gasteiger partial charge in [0.1, 0.15) is 5.41 Å². The number of likely N-dealkylation sites (tertiary alicyclic amines) is 2. The van der Waals surface area contributed by atoms with E-state index in [0.717, 1.165) is 25.0 Å². The molecule has 140 valence electrons. The van der Waals surface area contributed by atoms with E-state index in [9.17, 15) is 19.5 Å². The van der Waals surface area contributed by atoms with E-state index >= 15 is 0 Å². The Kier molecular flexibility index (Phi) is 4.98. The molecule has 2 atom stereocenters. The number of carbonyl (C=O) groups is 3. The lowest BCUT2D eigenvalue weighted by Gasteiger charge is -2.25. The zero-order chi connectivity index (χ0) is 18.9. The van der Waals surface area contributed by atoms with Crippen molar-refractivity contribution in [2.24, 2.45) is 11.3 Å². The second-order valence-electron chi connectivity index (χ2n) is 7.25. The van der Waals surface area contributed by atoms with Crippen LogP contribution < -0.4 is 0 Å². The molecule has 26 heavy (non-hydrogen) atoms. The maximum absolute atomic E-state index is 12.9. The van der Waals surface area contributed by atoms with E-state index in [1.54, 1.807) is 23.2 Å². The highest BCUT2D eigenvalue weighted by Crippen LogP contribution is 2.44. The summed E-state index contributed by atoms with van der Waals surface area (Å²) in [4.78, 5) is 45.0. The minimum Gasteiger partial charge on any atom is -0.481 e. The summed E-state index contributed by atoms with van der Waals surface area (Å²) < 4.78 is 0. The fourth-order valence-corrected chi connectivity index (χ4v) is 4.11. The first-order chi connectivity index (χ1) is 12.4. The van der Waals surface area contributed by atoms with E-state index in [4.69, 9.17) is 0 Å². The van der Waals surface area contributed by atoms with Crippen LogP contribution in [0.4, 0.5) is 0 Å². The number of rotatable bonds is 6. The molecule has 1 aromatic heterocycles. The molecule has 7 heteroatoms. The van der Waals surface area contributed by atoms with Crippen molar-refractivity contribution in [2.75, 3.05) is 26.2 Å². The van der Waals surface area contributed by atoms with Gasteiger partial charge < -0.3 is 14.9 Å². The molecule has 0 spiro atoms. The minimum absolute atomic E-state index is 0.0726. The summed E-state index contributed by atoms with van der Waals surface area (Å²) >= 11 is 0. The fourth-order valence-electron chi connectivity index (χ4n) is 4.11.